The van der Waals surface area contributed by atoms with Gasteiger partial charge in [0.1, 0.15) is 5.76 Å². The molecule has 3 nitrogen and oxygen atoms in total. The lowest BCUT2D eigenvalue weighted by atomic mass is 9.89. The Morgan fingerprint density at radius 1 is 1.25 bits per heavy atom. The summed E-state index contributed by atoms with van der Waals surface area (Å²) in [6, 6.07) is 0. The molecule has 1 aromatic heterocycles. The quantitative estimate of drug-likeness (QED) is 0.800. The number of aryl methyl sites for hydroxylation is 1. The Balaban J connectivity index is 2.30. The van der Waals surface area contributed by atoms with E-state index >= 15 is 0 Å². The lowest BCUT2D eigenvalue weighted by Gasteiger charge is -2.16. The molecule has 1 unspecified atom stereocenters. The van der Waals surface area contributed by atoms with Crippen LogP contribution in [0.4, 0.5) is 0 Å². The van der Waals surface area contributed by atoms with Crippen molar-refractivity contribution in [1.82, 2.24) is 5.16 Å². The number of aromatic nitrogens is 1. The highest BCUT2D eigenvalue weighted by atomic mass is 16.5. The molecular formula is C13H22N2O. The second-order valence-electron chi connectivity index (χ2n) is 5.12. The predicted octanol–water partition coefficient (Wildman–Crippen LogP) is 2.64. The van der Waals surface area contributed by atoms with Gasteiger partial charge >= 0.3 is 0 Å². The highest BCUT2D eigenvalue weighted by Gasteiger charge is 2.25. The maximum absolute atomic E-state index is 5.85. The van der Waals surface area contributed by atoms with Crippen molar-refractivity contribution in [3.05, 3.63) is 17.0 Å². The van der Waals surface area contributed by atoms with E-state index in [1.807, 2.05) is 0 Å². The molecule has 2 rings (SSSR count). The molecule has 1 heterocycles. The Hall–Kier alpha value is -0.830. The Bertz CT molecular complexity index is 344. The number of rotatable bonds is 3. The van der Waals surface area contributed by atoms with Crippen LogP contribution in [0.15, 0.2) is 4.52 Å². The fraction of sp³-hybridized carbons (Fsp3) is 0.769. The first-order chi connectivity index (χ1) is 7.74. The Labute approximate surface area is 97.4 Å². The van der Waals surface area contributed by atoms with Gasteiger partial charge in [-0.1, -0.05) is 25.4 Å². The third kappa shape index (κ3) is 2.14. The van der Waals surface area contributed by atoms with Crippen molar-refractivity contribution in [3.63, 3.8) is 0 Å². The van der Waals surface area contributed by atoms with Gasteiger partial charge in [0.2, 0.25) is 0 Å². The van der Waals surface area contributed by atoms with Crippen molar-refractivity contribution in [2.45, 2.75) is 51.9 Å². The minimum atomic E-state index is 0.328. The van der Waals surface area contributed by atoms with Crippen LogP contribution in [0.25, 0.3) is 0 Å². The van der Waals surface area contributed by atoms with Crippen molar-refractivity contribution < 1.29 is 4.52 Å². The van der Waals surface area contributed by atoms with Gasteiger partial charge in [0.15, 0.2) is 0 Å². The summed E-state index contributed by atoms with van der Waals surface area (Å²) >= 11 is 0. The summed E-state index contributed by atoms with van der Waals surface area (Å²) < 4.78 is 5.56. The maximum Gasteiger partial charge on any atom is 0.144 e. The van der Waals surface area contributed by atoms with Gasteiger partial charge in [0.25, 0.3) is 0 Å². The van der Waals surface area contributed by atoms with E-state index in [2.05, 4.69) is 19.0 Å². The number of nitrogens with two attached hydrogens (primary N) is 1. The predicted molar refractivity (Wildman–Crippen MR) is 64.4 cm³/mol. The molecule has 0 saturated heterocycles. The molecule has 90 valence electrons. The molecular weight excluding hydrogens is 200 g/mol. The molecule has 2 N–H and O–H groups in total. The second-order valence-corrected chi connectivity index (χ2v) is 5.12. The van der Waals surface area contributed by atoms with E-state index < -0.39 is 0 Å². The summed E-state index contributed by atoms with van der Waals surface area (Å²) in [5.74, 6) is 1.91. The second kappa shape index (κ2) is 5.00. The molecule has 0 bridgehead atoms. The molecule has 1 aliphatic rings. The SMILES string of the molecule is CC(C)C(CN)c1onc2c1CCCCC2. The summed E-state index contributed by atoms with van der Waals surface area (Å²) in [5, 5.41) is 4.24. The van der Waals surface area contributed by atoms with Crippen molar-refractivity contribution in [2.24, 2.45) is 11.7 Å². The van der Waals surface area contributed by atoms with Crippen LogP contribution < -0.4 is 5.73 Å². The van der Waals surface area contributed by atoms with Gasteiger partial charge in [-0.05, 0) is 31.6 Å². The minimum Gasteiger partial charge on any atom is -0.360 e. The van der Waals surface area contributed by atoms with E-state index in [0.717, 1.165) is 18.6 Å². The average Bonchev–Trinajstić information content (AvgIpc) is 2.50. The molecule has 1 aromatic rings. The molecule has 1 aliphatic carbocycles. The molecule has 0 spiro atoms. The topological polar surface area (TPSA) is 52.0 Å². The van der Waals surface area contributed by atoms with Gasteiger partial charge < -0.3 is 10.3 Å². The Morgan fingerprint density at radius 2 is 2.00 bits per heavy atom. The Morgan fingerprint density at radius 3 is 2.69 bits per heavy atom. The van der Waals surface area contributed by atoms with Crippen LogP contribution in [0, 0.1) is 5.92 Å². The highest BCUT2D eigenvalue weighted by molar-refractivity contribution is 5.27. The zero-order valence-electron chi connectivity index (χ0n) is 10.3. The normalized spacial score (nSPS) is 18.2. The lowest BCUT2D eigenvalue weighted by Crippen LogP contribution is -2.18. The van der Waals surface area contributed by atoms with Crippen LogP contribution in [-0.4, -0.2) is 11.7 Å². The number of hydrogen-bond donors (Lipinski definition) is 1. The fourth-order valence-corrected chi connectivity index (χ4v) is 2.57. The molecule has 0 aliphatic heterocycles. The van der Waals surface area contributed by atoms with Crippen LogP contribution >= 0.6 is 0 Å². The lowest BCUT2D eigenvalue weighted by molar-refractivity contribution is 0.325. The molecule has 3 heteroatoms. The smallest absolute Gasteiger partial charge is 0.144 e. The monoisotopic (exact) mass is 222 g/mol. The van der Waals surface area contributed by atoms with Gasteiger partial charge in [0.05, 0.1) is 5.69 Å². The van der Waals surface area contributed by atoms with Gasteiger partial charge in [-0.15, -0.1) is 0 Å². The summed E-state index contributed by atoms with van der Waals surface area (Å²) in [7, 11) is 0. The van der Waals surface area contributed by atoms with E-state index in [4.69, 9.17) is 10.3 Å². The summed E-state index contributed by atoms with van der Waals surface area (Å²) in [6.45, 7) is 5.05. The zero-order valence-corrected chi connectivity index (χ0v) is 10.3. The molecule has 0 radical (unpaired) electrons. The van der Waals surface area contributed by atoms with Crippen LogP contribution in [-0.2, 0) is 12.8 Å². The van der Waals surface area contributed by atoms with Gasteiger partial charge in [-0.3, -0.25) is 0 Å². The van der Waals surface area contributed by atoms with Crippen molar-refractivity contribution >= 4 is 0 Å². The maximum atomic E-state index is 5.85. The minimum absolute atomic E-state index is 0.328. The molecule has 0 aromatic carbocycles. The van der Waals surface area contributed by atoms with Gasteiger partial charge in [-0.2, -0.15) is 0 Å². The first-order valence-corrected chi connectivity index (χ1v) is 6.41. The average molecular weight is 222 g/mol. The first kappa shape index (κ1) is 11.6. The van der Waals surface area contributed by atoms with E-state index in [1.165, 1.54) is 30.5 Å². The fourth-order valence-electron chi connectivity index (χ4n) is 2.57. The molecule has 16 heavy (non-hydrogen) atoms. The highest BCUT2D eigenvalue weighted by Crippen LogP contribution is 2.31. The largest absolute Gasteiger partial charge is 0.360 e. The van der Waals surface area contributed by atoms with Crippen molar-refractivity contribution in [2.75, 3.05) is 6.54 Å². The number of fused-ring (bicyclic) bond motifs is 1. The number of nitrogens with zero attached hydrogens (tertiary/aromatic N) is 1. The first-order valence-electron chi connectivity index (χ1n) is 6.41. The van der Waals surface area contributed by atoms with Gasteiger partial charge in [-0.25, -0.2) is 0 Å². The van der Waals surface area contributed by atoms with E-state index in [9.17, 15) is 0 Å². The van der Waals surface area contributed by atoms with Crippen LogP contribution in [0.2, 0.25) is 0 Å². The molecule has 0 fully saturated rings. The molecule has 0 saturated carbocycles. The van der Waals surface area contributed by atoms with Gasteiger partial charge in [0, 0.05) is 18.0 Å². The summed E-state index contributed by atoms with van der Waals surface area (Å²) in [4.78, 5) is 0. The van der Waals surface area contributed by atoms with E-state index in [-0.39, 0.29) is 0 Å². The summed E-state index contributed by atoms with van der Waals surface area (Å²) in [6.07, 6.45) is 6.01. The van der Waals surface area contributed by atoms with E-state index in [1.54, 1.807) is 0 Å². The van der Waals surface area contributed by atoms with Crippen LogP contribution in [0.3, 0.4) is 0 Å². The molecule has 0 amide bonds. The zero-order chi connectivity index (χ0) is 11.5. The van der Waals surface area contributed by atoms with E-state index in [0.29, 0.717) is 18.4 Å². The van der Waals surface area contributed by atoms with Crippen molar-refractivity contribution in [3.8, 4) is 0 Å². The number of hydrogen-bond acceptors (Lipinski definition) is 3. The van der Waals surface area contributed by atoms with Crippen molar-refractivity contribution in [1.29, 1.82) is 0 Å². The third-order valence-electron chi connectivity index (χ3n) is 3.64. The van der Waals surface area contributed by atoms with Crippen LogP contribution in [0.1, 0.15) is 56.0 Å². The Kier molecular flexibility index (Phi) is 3.64. The van der Waals surface area contributed by atoms with Crippen LogP contribution in [0.5, 0.6) is 0 Å². The molecule has 1 atom stereocenters. The summed E-state index contributed by atoms with van der Waals surface area (Å²) in [5.41, 5.74) is 8.40. The third-order valence-corrected chi connectivity index (χ3v) is 3.64. The standard InChI is InChI=1S/C13H22N2O/c1-9(2)11(8-14)13-10-6-4-3-5-7-12(10)15-16-13/h9,11H,3-8,14H2,1-2H3.